The third kappa shape index (κ3) is 3.40. The van der Waals surface area contributed by atoms with Crippen LogP contribution in [0.25, 0.3) is 0 Å². The zero-order valence-electron chi connectivity index (χ0n) is 7.82. The highest BCUT2D eigenvalue weighted by molar-refractivity contribution is 5.09. The summed E-state index contributed by atoms with van der Waals surface area (Å²) in [6.45, 7) is 5.87. The minimum atomic E-state index is -0.789. The highest BCUT2D eigenvalue weighted by atomic mass is 19.1. The smallest absolute Gasteiger partial charge is 0.123 e. The Labute approximate surface area is 68.7 Å². The maximum atomic E-state index is 13.1. The molecule has 1 N–H and O–H groups in total. The van der Waals surface area contributed by atoms with Crippen LogP contribution in [0.15, 0.2) is 11.8 Å². The number of rotatable bonds is 4. The monoisotopic (exact) mass is 159 g/mol. The van der Waals surface area contributed by atoms with Crippen molar-refractivity contribution in [2.24, 2.45) is 5.92 Å². The minimum absolute atomic E-state index is 0.289. The van der Waals surface area contributed by atoms with E-state index >= 15 is 0 Å². The van der Waals surface area contributed by atoms with Gasteiger partial charge in [-0.2, -0.15) is 0 Å². The Balaban J connectivity index is 4.21. The topological polar surface area (TPSA) is 12.0 Å². The second-order valence-corrected chi connectivity index (χ2v) is 2.96. The van der Waals surface area contributed by atoms with Gasteiger partial charge in [-0.1, -0.05) is 20.8 Å². The van der Waals surface area contributed by atoms with Crippen molar-refractivity contribution in [2.75, 3.05) is 7.05 Å². The first kappa shape index (κ1) is 10.5. The Morgan fingerprint density at radius 2 is 2.09 bits per heavy atom. The molecular weight excluding hydrogens is 141 g/mol. The lowest BCUT2D eigenvalue weighted by Gasteiger charge is -2.14. The van der Waals surface area contributed by atoms with E-state index in [0.717, 1.165) is 5.57 Å². The second-order valence-electron chi connectivity index (χ2n) is 2.96. The van der Waals surface area contributed by atoms with E-state index in [4.69, 9.17) is 0 Å². The average Bonchev–Trinajstić information content (AvgIpc) is 1.98. The third-order valence-electron chi connectivity index (χ3n) is 1.70. The fourth-order valence-corrected chi connectivity index (χ4v) is 1.02. The van der Waals surface area contributed by atoms with Gasteiger partial charge >= 0.3 is 0 Å². The van der Waals surface area contributed by atoms with Gasteiger partial charge in [0.1, 0.15) is 6.17 Å². The molecule has 0 aliphatic rings. The molecule has 2 heteroatoms. The molecule has 0 aromatic heterocycles. The van der Waals surface area contributed by atoms with Gasteiger partial charge in [-0.25, -0.2) is 4.39 Å². The molecule has 11 heavy (non-hydrogen) atoms. The van der Waals surface area contributed by atoms with Gasteiger partial charge in [-0.05, 0) is 24.1 Å². The van der Waals surface area contributed by atoms with Crippen molar-refractivity contribution in [3.05, 3.63) is 11.8 Å². The maximum Gasteiger partial charge on any atom is 0.123 e. The SMILES string of the molecule is CCC(F)/C(=C\NC)C(C)C. The van der Waals surface area contributed by atoms with E-state index in [1.165, 1.54) is 0 Å². The van der Waals surface area contributed by atoms with Gasteiger partial charge in [0.2, 0.25) is 0 Å². The molecule has 0 fully saturated rings. The number of hydrogen-bond acceptors (Lipinski definition) is 1. The summed E-state index contributed by atoms with van der Waals surface area (Å²) in [6.07, 6.45) is 1.53. The number of alkyl halides is 1. The lowest BCUT2D eigenvalue weighted by Crippen LogP contribution is -2.12. The van der Waals surface area contributed by atoms with Crippen LogP contribution in [0.2, 0.25) is 0 Å². The van der Waals surface area contributed by atoms with Crippen LogP contribution in [0.3, 0.4) is 0 Å². The lowest BCUT2D eigenvalue weighted by molar-refractivity contribution is 0.349. The normalized spacial score (nSPS) is 15.3. The summed E-state index contributed by atoms with van der Waals surface area (Å²) in [5.41, 5.74) is 0.856. The van der Waals surface area contributed by atoms with E-state index in [0.29, 0.717) is 6.42 Å². The standard InChI is InChI=1S/C9H18FN/c1-5-9(10)8(6-11-4)7(2)3/h6-7,9,11H,5H2,1-4H3/b8-6-. The molecule has 0 spiro atoms. The van der Waals surface area contributed by atoms with Crippen LogP contribution in [0.1, 0.15) is 27.2 Å². The molecule has 0 saturated carbocycles. The summed E-state index contributed by atoms with van der Waals surface area (Å²) < 4.78 is 13.1. The Kier molecular flexibility index (Phi) is 4.92. The molecule has 0 aromatic carbocycles. The molecular formula is C9H18FN. The summed E-state index contributed by atoms with van der Waals surface area (Å²) in [5.74, 6) is 0.289. The molecule has 0 amide bonds. The molecule has 1 nitrogen and oxygen atoms in total. The predicted molar refractivity (Wildman–Crippen MR) is 47.2 cm³/mol. The molecule has 0 bridgehead atoms. The van der Waals surface area contributed by atoms with Gasteiger partial charge in [0, 0.05) is 7.05 Å². The molecule has 0 saturated heterocycles. The van der Waals surface area contributed by atoms with Gasteiger partial charge in [0.05, 0.1) is 0 Å². The van der Waals surface area contributed by atoms with E-state index < -0.39 is 6.17 Å². The molecule has 0 aromatic rings. The molecule has 0 aliphatic heterocycles. The molecule has 0 aliphatic carbocycles. The van der Waals surface area contributed by atoms with Crippen LogP contribution in [0.5, 0.6) is 0 Å². The van der Waals surface area contributed by atoms with E-state index in [9.17, 15) is 4.39 Å². The Hall–Kier alpha value is -0.530. The first-order chi connectivity index (χ1) is 5.13. The fourth-order valence-electron chi connectivity index (χ4n) is 1.02. The van der Waals surface area contributed by atoms with Gasteiger partial charge in [-0.3, -0.25) is 0 Å². The molecule has 0 rings (SSSR count). The highest BCUT2D eigenvalue weighted by Gasteiger charge is 2.13. The lowest BCUT2D eigenvalue weighted by atomic mass is 9.98. The van der Waals surface area contributed by atoms with Crippen molar-refractivity contribution < 1.29 is 4.39 Å². The zero-order chi connectivity index (χ0) is 8.85. The van der Waals surface area contributed by atoms with Crippen molar-refractivity contribution in [2.45, 2.75) is 33.4 Å². The van der Waals surface area contributed by atoms with Gasteiger partial charge < -0.3 is 5.32 Å². The highest BCUT2D eigenvalue weighted by Crippen LogP contribution is 2.18. The summed E-state index contributed by atoms with van der Waals surface area (Å²) >= 11 is 0. The van der Waals surface area contributed by atoms with Crippen molar-refractivity contribution in [3.63, 3.8) is 0 Å². The van der Waals surface area contributed by atoms with Crippen LogP contribution >= 0.6 is 0 Å². The van der Waals surface area contributed by atoms with E-state index in [-0.39, 0.29) is 5.92 Å². The first-order valence-corrected chi connectivity index (χ1v) is 4.14. The molecule has 1 atom stereocenters. The number of halogens is 1. The Morgan fingerprint density at radius 3 is 2.36 bits per heavy atom. The van der Waals surface area contributed by atoms with Crippen LogP contribution in [-0.4, -0.2) is 13.2 Å². The number of allylic oxidation sites excluding steroid dienone is 1. The molecule has 0 radical (unpaired) electrons. The summed E-state index contributed by atoms with van der Waals surface area (Å²) in [6, 6.07) is 0. The van der Waals surface area contributed by atoms with Crippen molar-refractivity contribution in [3.8, 4) is 0 Å². The first-order valence-electron chi connectivity index (χ1n) is 4.14. The largest absolute Gasteiger partial charge is 0.394 e. The number of nitrogens with one attached hydrogen (secondary N) is 1. The molecule has 66 valence electrons. The van der Waals surface area contributed by atoms with Gasteiger partial charge in [-0.15, -0.1) is 0 Å². The van der Waals surface area contributed by atoms with Crippen LogP contribution in [0.4, 0.5) is 4.39 Å². The van der Waals surface area contributed by atoms with Crippen molar-refractivity contribution in [1.82, 2.24) is 5.32 Å². The molecule has 0 heterocycles. The Bertz CT molecular complexity index is 130. The van der Waals surface area contributed by atoms with Crippen LogP contribution < -0.4 is 5.32 Å². The van der Waals surface area contributed by atoms with Crippen LogP contribution in [0, 0.1) is 5.92 Å². The fraction of sp³-hybridized carbons (Fsp3) is 0.778. The average molecular weight is 159 g/mol. The minimum Gasteiger partial charge on any atom is -0.394 e. The summed E-state index contributed by atoms with van der Waals surface area (Å²) in [7, 11) is 1.80. The van der Waals surface area contributed by atoms with E-state index in [1.54, 1.807) is 13.2 Å². The van der Waals surface area contributed by atoms with Crippen molar-refractivity contribution in [1.29, 1.82) is 0 Å². The summed E-state index contributed by atoms with van der Waals surface area (Å²) in [5, 5.41) is 2.86. The van der Waals surface area contributed by atoms with Gasteiger partial charge in [0.15, 0.2) is 0 Å². The second kappa shape index (κ2) is 5.16. The third-order valence-corrected chi connectivity index (χ3v) is 1.70. The Morgan fingerprint density at radius 1 is 1.55 bits per heavy atom. The summed E-state index contributed by atoms with van der Waals surface area (Å²) in [4.78, 5) is 0. The van der Waals surface area contributed by atoms with Gasteiger partial charge in [0.25, 0.3) is 0 Å². The quantitative estimate of drug-likeness (QED) is 0.664. The zero-order valence-corrected chi connectivity index (χ0v) is 7.82. The maximum absolute atomic E-state index is 13.1. The van der Waals surface area contributed by atoms with E-state index in [2.05, 4.69) is 5.32 Å². The number of hydrogen-bond donors (Lipinski definition) is 1. The van der Waals surface area contributed by atoms with Crippen molar-refractivity contribution >= 4 is 0 Å². The predicted octanol–water partition coefficient (Wildman–Crippen LogP) is 2.49. The van der Waals surface area contributed by atoms with E-state index in [1.807, 2.05) is 20.8 Å². The van der Waals surface area contributed by atoms with Crippen LogP contribution in [-0.2, 0) is 0 Å². The molecule has 1 unspecified atom stereocenters.